The molecule has 0 aromatic heterocycles. The van der Waals surface area contributed by atoms with E-state index in [9.17, 15) is 9.18 Å². The molecule has 0 bridgehead atoms. The Kier molecular flexibility index (Phi) is 9.13. The predicted octanol–water partition coefficient (Wildman–Crippen LogP) is 2.24. The minimum Gasteiger partial charge on any atom is -0.358 e. The number of guanidine groups is 1. The number of likely N-dealkylation sites (N-methyl/N-ethyl adjacent to an activating group) is 1. The Morgan fingerprint density at radius 1 is 1.28 bits per heavy atom. The van der Waals surface area contributed by atoms with Gasteiger partial charge in [0, 0.05) is 38.1 Å². The van der Waals surface area contributed by atoms with Crippen LogP contribution in [0.2, 0.25) is 0 Å². The number of likely N-dealkylation sites (tertiary alicyclic amines) is 1. The molecule has 0 unspecified atom stereocenters. The molecule has 1 aromatic carbocycles. The van der Waals surface area contributed by atoms with E-state index in [2.05, 4.69) is 20.9 Å². The zero-order chi connectivity index (χ0) is 20.0. The zero-order valence-electron chi connectivity index (χ0n) is 17.3. The van der Waals surface area contributed by atoms with Crippen LogP contribution in [0.15, 0.2) is 29.3 Å². The first-order valence-corrected chi connectivity index (χ1v) is 10.3. The van der Waals surface area contributed by atoms with E-state index in [0.29, 0.717) is 19.1 Å². The lowest BCUT2D eigenvalue weighted by Gasteiger charge is -2.32. The second kappa shape index (κ2) is 11.1. The van der Waals surface area contributed by atoms with E-state index >= 15 is 0 Å². The number of rotatable bonds is 7. The van der Waals surface area contributed by atoms with Gasteiger partial charge in [-0.2, -0.15) is 0 Å². The average molecular weight is 517 g/mol. The van der Waals surface area contributed by atoms with Gasteiger partial charge in [0.05, 0.1) is 13.1 Å². The summed E-state index contributed by atoms with van der Waals surface area (Å²) >= 11 is 0. The van der Waals surface area contributed by atoms with E-state index in [1.807, 2.05) is 19.1 Å². The molecule has 1 aliphatic heterocycles. The fourth-order valence-electron chi connectivity index (χ4n) is 3.82. The van der Waals surface area contributed by atoms with Gasteiger partial charge in [-0.3, -0.25) is 14.7 Å². The molecule has 1 aliphatic carbocycles. The molecular weight excluding hydrogens is 484 g/mol. The second-order valence-electron chi connectivity index (χ2n) is 7.82. The van der Waals surface area contributed by atoms with Crippen molar-refractivity contribution in [2.75, 3.05) is 39.8 Å². The van der Waals surface area contributed by atoms with Crippen LogP contribution in [0.5, 0.6) is 0 Å². The summed E-state index contributed by atoms with van der Waals surface area (Å²) in [5.41, 5.74) is 0.641. The summed E-state index contributed by atoms with van der Waals surface area (Å²) in [6, 6.07) is 7.40. The van der Waals surface area contributed by atoms with Gasteiger partial charge in [0.1, 0.15) is 5.82 Å². The minimum absolute atomic E-state index is 0. The van der Waals surface area contributed by atoms with Gasteiger partial charge >= 0.3 is 0 Å². The summed E-state index contributed by atoms with van der Waals surface area (Å²) < 4.78 is 14.2. The molecule has 2 aliphatic rings. The molecule has 1 heterocycles. The van der Waals surface area contributed by atoms with Crippen LogP contribution >= 0.6 is 24.0 Å². The van der Waals surface area contributed by atoms with Crippen molar-refractivity contribution >= 4 is 35.8 Å². The standard InChI is InChI=1S/C21H32FN5O.HI/c1-3-24-20(26-16-8-12-27(13-9-16)14-19(28)23-2)25-15-21(10-11-21)17-6-4-5-7-18(17)22;/h4-7,16H,3,8-15H2,1-2H3,(H,23,28)(H2,24,25,26);1H. The molecule has 0 spiro atoms. The summed E-state index contributed by atoms with van der Waals surface area (Å²) in [5, 5.41) is 9.52. The molecule has 1 amide bonds. The molecule has 1 aromatic rings. The molecule has 29 heavy (non-hydrogen) atoms. The van der Waals surface area contributed by atoms with Crippen LogP contribution < -0.4 is 16.0 Å². The third-order valence-electron chi connectivity index (χ3n) is 5.76. The molecule has 8 heteroatoms. The van der Waals surface area contributed by atoms with Crippen LogP contribution in [0, 0.1) is 5.82 Å². The highest BCUT2D eigenvalue weighted by Gasteiger charge is 2.45. The Hall–Kier alpha value is -1.42. The average Bonchev–Trinajstić information content (AvgIpc) is 3.49. The number of halogens is 2. The summed E-state index contributed by atoms with van der Waals surface area (Å²) in [6.07, 6.45) is 3.91. The van der Waals surface area contributed by atoms with Gasteiger partial charge in [0.25, 0.3) is 0 Å². The van der Waals surface area contributed by atoms with Gasteiger partial charge in [0.2, 0.25) is 5.91 Å². The molecule has 6 nitrogen and oxygen atoms in total. The highest BCUT2D eigenvalue weighted by Crippen LogP contribution is 2.49. The Labute approximate surface area is 190 Å². The van der Waals surface area contributed by atoms with E-state index in [1.165, 1.54) is 6.07 Å². The van der Waals surface area contributed by atoms with Gasteiger partial charge in [-0.1, -0.05) is 18.2 Å². The molecular formula is C21H33FIN5O. The SMILES string of the molecule is CCNC(=NCC1(c2ccccc2F)CC1)NC1CCN(CC(=O)NC)CC1.I. The highest BCUT2D eigenvalue weighted by atomic mass is 127. The molecule has 1 saturated heterocycles. The first-order chi connectivity index (χ1) is 13.6. The number of amides is 1. The Morgan fingerprint density at radius 2 is 1.97 bits per heavy atom. The number of piperidine rings is 1. The third-order valence-corrected chi connectivity index (χ3v) is 5.76. The van der Waals surface area contributed by atoms with E-state index in [0.717, 1.165) is 56.8 Å². The van der Waals surface area contributed by atoms with Crippen molar-refractivity contribution in [2.24, 2.45) is 4.99 Å². The van der Waals surface area contributed by atoms with Gasteiger partial charge in [-0.15, -0.1) is 24.0 Å². The van der Waals surface area contributed by atoms with Crippen LogP contribution in [0.4, 0.5) is 4.39 Å². The number of hydrogen-bond acceptors (Lipinski definition) is 3. The van der Waals surface area contributed by atoms with E-state index in [1.54, 1.807) is 13.1 Å². The molecule has 3 rings (SSSR count). The monoisotopic (exact) mass is 517 g/mol. The van der Waals surface area contributed by atoms with Gasteiger partial charge < -0.3 is 16.0 Å². The number of carbonyl (C=O) groups is 1. The zero-order valence-corrected chi connectivity index (χ0v) is 19.7. The van der Waals surface area contributed by atoms with Crippen LogP contribution in [0.3, 0.4) is 0 Å². The Balaban J connectivity index is 0.00000300. The first kappa shape index (κ1) is 23.9. The van der Waals surface area contributed by atoms with Gasteiger partial charge in [0.15, 0.2) is 5.96 Å². The van der Waals surface area contributed by atoms with E-state index in [-0.39, 0.29) is 41.1 Å². The lowest BCUT2D eigenvalue weighted by Crippen LogP contribution is -2.50. The molecule has 2 fully saturated rings. The number of benzene rings is 1. The summed E-state index contributed by atoms with van der Waals surface area (Å²) in [4.78, 5) is 18.5. The van der Waals surface area contributed by atoms with Crippen molar-refractivity contribution in [3.8, 4) is 0 Å². The van der Waals surface area contributed by atoms with Crippen LogP contribution in [-0.2, 0) is 10.2 Å². The van der Waals surface area contributed by atoms with E-state index < -0.39 is 0 Å². The summed E-state index contributed by atoms with van der Waals surface area (Å²) in [7, 11) is 1.67. The first-order valence-electron chi connectivity index (χ1n) is 10.3. The van der Waals surface area contributed by atoms with Crippen molar-refractivity contribution in [2.45, 2.75) is 44.1 Å². The van der Waals surface area contributed by atoms with Gasteiger partial charge in [-0.25, -0.2) is 4.39 Å². The quantitative estimate of drug-likeness (QED) is 0.295. The lowest BCUT2D eigenvalue weighted by atomic mass is 9.95. The number of nitrogens with one attached hydrogen (secondary N) is 3. The maximum Gasteiger partial charge on any atom is 0.233 e. The smallest absolute Gasteiger partial charge is 0.233 e. The molecule has 1 saturated carbocycles. The topological polar surface area (TPSA) is 68.8 Å². The molecule has 162 valence electrons. The lowest BCUT2D eigenvalue weighted by molar-refractivity contribution is -0.122. The van der Waals surface area contributed by atoms with Crippen LogP contribution in [0.1, 0.15) is 38.2 Å². The predicted molar refractivity (Wildman–Crippen MR) is 125 cm³/mol. The van der Waals surface area contributed by atoms with Gasteiger partial charge in [-0.05, 0) is 44.2 Å². The maximum absolute atomic E-state index is 14.2. The Bertz CT molecular complexity index is 702. The maximum atomic E-state index is 14.2. The normalized spacial score (nSPS) is 19.2. The van der Waals surface area contributed by atoms with Crippen LogP contribution in [-0.4, -0.2) is 62.6 Å². The largest absolute Gasteiger partial charge is 0.358 e. The minimum atomic E-state index is -0.148. The summed E-state index contributed by atoms with van der Waals surface area (Å²) in [5.74, 6) is 0.732. The van der Waals surface area contributed by atoms with Crippen molar-refractivity contribution in [3.63, 3.8) is 0 Å². The van der Waals surface area contributed by atoms with Crippen LogP contribution in [0.25, 0.3) is 0 Å². The summed E-state index contributed by atoms with van der Waals surface area (Å²) in [6.45, 7) is 5.68. The number of carbonyl (C=O) groups excluding carboxylic acids is 1. The second-order valence-corrected chi connectivity index (χ2v) is 7.82. The van der Waals surface area contributed by atoms with E-state index in [4.69, 9.17) is 4.99 Å². The molecule has 0 radical (unpaired) electrons. The molecule has 3 N–H and O–H groups in total. The Morgan fingerprint density at radius 3 is 2.55 bits per heavy atom. The third kappa shape index (κ3) is 6.53. The van der Waals surface area contributed by atoms with Crippen molar-refractivity contribution in [3.05, 3.63) is 35.6 Å². The van der Waals surface area contributed by atoms with Crippen molar-refractivity contribution < 1.29 is 9.18 Å². The van der Waals surface area contributed by atoms with Crippen molar-refractivity contribution in [1.29, 1.82) is 0 Å². The highest BCUT2D eigenvalue weighted by molar-refractivity contribution is 14.0. The number of hydrogen-bond donors (Lipinski definition) is 3. The molecule has 0 atom stereocenters. The number of nitrogens with zero attached hydrogens (tertiary/aromatic N) is 2. The number of aliphatic imine (C=N–C) groups is 1. The fraction of sp³-hybridized carbons (Fsp3) is 0.619. The fourth-order valence-corrected chi connectivity index (χ4v) is 3.82. The van der Waals surface area contributed by atoms with Crippen molar-refractivity contribution in [1.82, 2.24) is 20.9 Å².